The van der Waals surface area contributed by atoms with Crippen LogP contribution in [0.5, 0.6) is 0 Å². The zero-order valence-electron chi connectivity index (χ0n) is 4.87. The summed E-state index contributed by atoms with van der Waals surface area (Å²) in [6.45, 7) is 0. The van der Waals surface area contributed by atoms with Crippen LogP contribution >= 0.6 is 20.0 Å². The van der Waals surface area contributed by atoms with Gasteiger partial charge >= 0.3 is 0 Å². The summed E-state index contributed by atoms with van der Waals surface area (Å²) in [5.74, 6) is 0. The molecule has 0 aliphatic carbocycles. The molecule has 9 heavy (non-hydrogen) atoms. The maximum absolute atomic E-state index is 3.09. The Labute approximate surface area is 61.3 Å². The van der Waals surface area contributed by atoms with Gasteiger partial charge in [0.15, 0.2) is 0 Å². The molecule has 1 aromatic carbocycles. The maximum Gasteiger partial charge on any atom is 0.0442 e. The number of hydrogen-bond acceptors (Lipinski definition) is 2. The first kappa shape index (κ1) is 6.91. The topological polar surface area (TPSA) is 12.0 Å². The number of hydrogen-bond donors (Lipinski definition) is 1. The molecule has 0 heterocycles. The van der Waals surface area contributed by atoms with Crippen LogP contribution in [0.15, 0.2) is 30.3 Å². The van der Waals surface area contributed by atoms with Gasteiger partial charge in [-0.2, -0.15) is 0 Å². The molecule has 0 saturated carbocycles. The number of rotatable bonds is 2. The van der Waals surface area contributed by atoms with Crippen molar-refractivity contribution in [3.63, 3.8) is 0 Å². The van der Waals surface area contributed by atoms with Gasteiger partial charge in [-0.1, -0.05) is 26.6 Å². The van der Waals surface area contributed by atoms with Crippen LogP contribution in [-0.4, -0.2) is 0 Å². The largest absolute Gasteiger partial charge is 0.327 e. The molecule has 1 N–H and O–H groups in total. The van der Waals surface area contributed by atoms with Gasteiger partial charge in [0, 0.05) is 5.69 Å². The molecule has 0 spiro atoms. The Balaban J connectivity index is 2.61. The molecule has 0 amide bonds. The molecule has 3 heteroatoms. The van der Waals surface area contributed by atoms with Crippen molar-refractivity contribution in [2.45, 2.75) is 0 Å². The predicted molar refractivity (Wildman–Crippen MR) is 47.4 cm³/mol. The van der Waals surface area contributed by atoms with Crippen molar-refractivity contribution in [3.05, 3.63) is 30.3 Å². The second-order valence-corrected chi connectivity index (χ2v) is 2.73. The summed E-state index contributed by atoms with van der Waals surface area (Å²) >= 11 is 1.52. The molecule has 0 radical (unpaired) electrons. The van der Waals surface area contributed by atoms with Gasteiger partial charge < -0.3 is 4.72 Å². The predicted octanol–water partition coefficient (Wildman–Crippen LogP) is 2.54. The summed E-state index contributed by atoms with van der Waals surface area (Å²) in [4.78, 5) is 0. The lowest BCUT2D eigenvalue weighted by Gasteiger charge is -1.97. The zero-order chi connectivity index (χ0) is 6.53. The highest BCUT2D eigenvalue weighted by atomic mass is 32.7. The van der Waals surface area contributed by atoms with Crippen molar-refractivity contribution in [1.29, 1.82) is 0 Å². The normalized spacial score (nSPS) is 9.00. The highest BCUT2D eigenvalue weighted by Crippen LogP contribution is 2.15. The molecule has 0 aliphatic heterocycles. The lowest BCUT2D eigenvalue weighted by Crippen LogP contribution is -1.78. The van der Waals surface area contributed by atoms with E-state index in [1.54, 1.807) is 0 Å². The summed E-state index contributed by atoms with van der Waals surface area (Å²) in [5, 5.41) is 0. The van der Waals surface area contributed by atoms with E-state index in [0.29, 0.717) is 0 Å². The van der Waals surface area contributed by atoms with E-state index in [1.165, 1.54) is 11.6 Å². The summed E-state index contributed by atoms with van der Waals surface area (Å²) in [5.41, 5.74) is 1.14. The number of nitrogens with one attached hydrogen (secondary N) is 1. The van der Waals surface area contributed by atoms with Crippen LogP contribution in [0.4, 0.5) is 5.69 Å². The lowest BCUT2D eigenvalue weighted by molar-refractivity contribution is 1.69. The van der Waals surface area contributed by atoms with E-state index in [1.807, 2.05) is 30.3 Å². The van der Waals surface area contributed by atoms with Gasteiger partial charge in [0.05, 0.1) is 0 Å². The van der Waals surface area contributed by atoms with E-state index in [4.69, 9.17) is 0 Å². The van der Waals surface area contributed by atoms with Crippen molar-refractivity contribution in [2.24, 2.45) is 0 Å². The van der Waals surface area contributed by atoms with E-state index < -0.39 is 0 Å². The fourth-order valence-corrected chi connectivity index (χ4v) is 1.25. The molecule has 0 aliphatic rings. The standard InChI is InChI=1S/C6H8NPS/c8-9-7-6-4-2-1-3-5-6/h1-5,7H,8H2. The van der Waals surface area contributed by atoms with E-state index in [-0.39, 0.29) is 0 Å². The van der Waals surface area contributed by atoms with Gasteiger partial charge in [-0.15, -0.1) is 0 Å². The second kappa shape index (κ2) is 3.76. The van der Waals surface area contributed by atoms with Crippen LogP contribution in [0.25, 0.3) is 0 Å². The minimum Gasteiger partial charge on any atom is -0.327 e. The van der Waals surface area contributed by atoms with Gasteiger partial charge in [-0.3, -0.25) is 0 Å². The SMILES string of the molecule is PSNc1ccccc1. The molecular weight excluding hydrogens is 149 g/mol. The van der Waals surface area contributed by atoms with Crippen LogP contribution in [0, 0.1) is 0 Å². The molecule has 1 nitrogen and oxygen atoms in total. The first-order chi connectivity index (χ1) is 4.43. The highest BCUT2D eigenvalue weighted by molar-refractivity contribution is 8.44. The Kier molecular flexibility index (Phi) is 2.88. The highest BCUT2D eigenvalue weighted by Gasteiger charge is 1.82. The Hall–Kier alpha value is -0.200. The van der Waals surface area contributed by atoms with Gasteiger partial charge in [-0.25, -0.2) is 0 Å². The smallest absolute Gasteiger partial charge is 0.0442 e. The van der Waals surface area contributed by atoms with Crippen molar-refractivity contribution in [1.82, 2.24) is 0 Å². The van der Waals surface area contributed by atoms with E-state index in [0.717, 1.165) is 5.69 Å². The van der Waals surface area contributed by atoms with Crippen molar-refractivity contribution >= 4 is 25.7 Å². The average molecular weight is 157 g/mol. The number of para-hydroxylation sites is 1. The Morgan fingerprint density at radius 3 is 2.44 bits per heavy atom. The fourth-order valence-electron chi connectivity index (χ4n) is 0.574. The fraction of sp³-hybridized carbons (Fsp3) is 0. The average Bonchev–Trinajstić information content (AvgIpc) is 1.91. The Morgan fingerprint density at radius 1 is 1.22 bits per heavy atom. The molecule has 1 atom stereocenters. The first-order valence-electron chi connectivity index (χ1n) is 2.60. The summed E-state index contributed by atoms with van der Waals surface area (Å²) in [7, 11) is 2.53. The van der Waals surface area contributed by atoms with Gasteiger partial charge in [0.25, 0.3) is 0 Å². The van der Waals surface area contributed by atoms with Crippen molar-refractivity contribution < 1.29 is 0 Å². The third-order valence-corrected chi connectivity index (χ3v) is 1.66. The molecule has 48 valence electrons. The zero-order valence-corrected chi connectivity index (χ0v) is 6.84. The third-order valence-electron chi connectivity index (χ3n) is 0.951. The Morgan fingerprint density at radius 2 is 1.89 bits per heavy atom. The molecular formula is C6H8NPS. The third kappa shape index (κ3) is 2.25. The van der Waals surface area contributed by atoms with Crippen LogP contribution in [0.1, 0.15) is 0 Å². The lowest BCUT2D eigenvalue weighted by atomic mass is 10.3. The van der Waals surface area contributed by atoms with Gasteiger partial charge in [0.2, 0.25) is 0 Å². The second-order valence-electron chi connectivity index (χ2n) is 1.59. The minimum absolute atomic E-state index is 1.14. The molecule has 0 saturated heterocycles. The molecule has 1 aromatic rings. The first-order valence-corrected chi connectivity index (χ1v) is 4.89. The van der Waals surface area contributed by atoms with E-state index >= 15 is 0 Å². The molecule has 1 unspecified atom stereocenters. The van der Waals surface area contributed by atoms with Gasteiger partial charge in [-0.05, 0) is 23.7 Å². The number of benzene rings is 1. The van der Waals surface area contributed by atoms with Gasteiger partial charge in [0.1, 0.15) is 0 Å². The maximum atomic E-state index is 3.09. The molecule has 0 aromatic heterocycles. The van der Waals surface area contributed by atoms with Crippen LogP contribution in [0.3, 0.4) is 0 Å². The summed E-state index contributed by atoms with van der Waals surface area (Å²) in [6, 6.07) is 10.1. The molecule has 0 fully saturated rings. The van der Waals surface area contributed by atoms with Crippen molar-refractivity contribution in [3.8, 4) is 0 Å². The van der Waals surface area contributed by atoms with Crippen LogP contribution in [-0.2, 0) is 0 Å². The summed E-state index contributed by atoms with van der Waals surface area (Å²) in [6.07, 6.45) is 0. The van der Waals surface area contributed by atoms with E-state index in [2.05, 4.69) is 13.2 Å². The minimum atomic E-state index is 1.14. The van der Waals surface area contributed by atoms with E-state index in [9.17, 15) is 0 Å². The number of anilines is 1. The quantitative estimate of drug-likeness (QED) is 0.523. The molecule has 1 rings (SSSR count). The summed E-state index contributed by atoms with van der Waals surface area (Å²) < 4.78 is 3.09. The molecule has 0 bridgehead atoms. The van der Waals surface area contributed by atoms with Crippen LogP contribution in [0.2, 0.25) is 0 Å². The monoisotopic (exact) mass is 157 g/mol. The Bertz CT molecular complexity index is 166. The van der Waals surface area contributed by atoms with Crippen molar-refractivity contribution in [2.75, 3.05) is 4.72 Å². The van der Waals surface area contributed by atoms with Crippen LogP contribution < -0.4 is 4.72 Å².